The normalized spacial score (nSPS) is 13.7. The molecule has 0 heterocycles. The second kappa shape index (κ2) is 17.8. The summed E-state index contributed by atoms with van der Waals surface area (Å²) in [5, 5.41) is 20.0. The van der Waals surface area contributed by atoms with Crippen molar-refractivity contribution in [3.05, 3.63) is 101 Å². The van der Waals surface area contributed by atoms with E-state index in [4.69, 9.17) is 9.47 Å². The molecule has 0 bridgehead atoms. The van der Waals surface area contributed by atoms with Gasteiger partial charge in [0.15, 0.2) is 6.61 Å². The highest BCUT2D eigenvalue weighted by atomic mass is 16.5. The minimum Gasteiger partial charge on any atom is -0.483 e. The summed E-state index contributed by atoms with van der Waals surface area (Å²) in [6, 6.07) is 22.8. The minimum absolute atomic E-state index is 0.0906. The topological polar surface area (TPSA) is 126 Å². The molecule has 3 amide bonds. The Bertz CT molecular complexity index is 1350. The molecule has 9 nitrogen and oxygen atoms in total. The number of hydrogen-bond acceptors (Lipinski definition) is 6. The van der Waals surface area contributed by atoms with Crippen molar-refractivity contribution in [1.82, 2.24) is 16.0 Å². The van der Waals surface area contributed by atoms with Crippen LogP contribution in [0, 0.1) is 19.8 Å². The van der Waals surface area contributed by atoms with Gasteiger partial charge in [-0.1, -0.05) is 92.7 Å². The van der Waals surface area contributed by atoms with E-state index in [0.717, 1.165) is 22.3 Å². The number of aliphatic hydroxyl groups is 1. The third kappa shape index (κ3) is 12.3. The number of para-hydroxylation sites is 1. The molecule has 4 atom stereocenters. The molecule has 0 aromatic heterocycles. The third-order valence-corrected chi connectivity index (χ3v) is 7.43. The number of alkyl carbamates (subject to hydrolysis) is 1. The van der Waals surface area contributed by atoms with Crippen LogP contribution in [0.25, 0.3) is 0 Å². The van der Waals surface area contributed by atoms with Crippen LogP contribution < -0.4 is 20.7 Å². The maximum absolute atomic E-state index is 13.1. The van der Waals surface area contributed by atoms with E-state index in [-0.39, 0.29) is 31.5 Å². The molecule has 0 radical (unpaired) electrons. The molecule has 0 spiro atoms. The molecule has 3 aromatic carbocycles. The number of aryl methyl sites for hydroxylation is 2. The SMILES string of the molecule is Cc1cccc(C)c1OCC(=O)N[C@@H](Cc1ccccc1)[C@@H](O)C[C@H](CC(C)C)NC(=O)[C@H](C)NC(=O)OCc1ccccc1. The molecule has 3 rings (SSSR count). The van der Waals surface area contributed by atoms with Crippen LogP contribution in [0.5, 0.6) is 5.75 Å². The summed E-state index contributed by atoms with van der Waals surface area (Å²) >= 11 is 0. The number of hydrogen-bond donors (Lipinski definition) is 4. The molecule has 0 aliphatic heterocycles. The second-order valence-electron chi connectivity index (χ2n) is 11.9. The monoisotopic (exact) mass is 617 g/mol. The molecular weight excluding hydrogens is 570 g/mol. The van der Waals surface area contributed by atoms with Crippen LogP contribution in [0.3, 0.4) is 0 Å². The van der Waals surface area contributed by atoms with E-state index in [9.17, 15) is 19.5 Å². The van der Waals surface area contributed by atoms with Gasteiger partial charge < -0.3 is 30.5 Å². The van der Waals surface area contributed by atoms with Gasteiger partial charge in [-0.15, -0.1) is 0 Å². The zero-order valence-corrected chi connectivity index (χ0v) is 26.9. The summed E-state index contributed by atoms with van der Waals surface area (Å²) in [5.74, 6) is 0.137. The van der Waals surface area contributed by atoms with Crippen LogP contribution in [0.2, 0.25) is 0 Å². The van der Waals surface area contributed by atoms with Gasteiger partial charge in [0.05, 0.1) is 12.1 Å². The fourth-order valence-electron chi connectivity index (χ4n) is 5.14. The number of benzene rings is 3. The smallest absolute Gasteiger partial charge is 0.408 e. The Morgan fingerprint density at radius 2 is 1.36 bits per heavy atom. The molecule has 4 N–H and O–H groups in total. The van der Waals surface area contributed by atoms with Gasteiger partial charge in [-0.3, -0.25) is 9.59 Å². The maximum atomic E-state index is 13.1. The second-order valence-corrected chi connectivity index (χ2v) is 11.9. The van der Waals surface area contributed by atoms with Crippen LogP contribution in [0.1, 0.15) is 55.9 Å². The van der Waals surface area contributed by atoms with Crippen molar-refractivity contribution in [2.24, 2.45) is 5.92 Å². The molecule has 242 valence electrons. The van der Waals surface area contributed by atoms with Crippen molar-refractivity contribution in [1.29, 1.82) is 0 Å². The predicted octanol–water partition coefficient (Wildman–Crippen LogP) is 5.01. The van der Waals surface area contributed by atoms with Gasteiger partial charge >= 0.3 is 6.09 Å². The highest BCUT2D eigenvalue weighted by Gasteiger charge is 2.28. The zero-order chi connectivity index (χ0) is 32.8. The van der Waals surface area contributed by atoms with Gasteiger partial charge in [-0.25, -0.2) is 4.79 Å². The van der Waals surface area contributed by atoms with Crippen LogP contribution in [-0.4, -0.2) is 53.9 Å². The molecule has 0 aliphatic carbocycles. The fraction of sp³-hybridized carbons (Fsp3) is 0.417. The Kier molecular flexibility index (Phi) is 13.9. The predicted molar refractivity (Wildman–Crippen MR) is 175 cm³/mol. The number of amides is 3. The van der Waals surface area contributed by atoms with Crippen molar-refractivity contribution >= 4 is 17.9 Å². The van der Waals surface area contributed by atoms with Crippen molar-refractivity contribution in [3.63, 3.8) is 0 Å². The quantitative estimate of drug-likeness (QED) is 0.179. The lowest BCUT2D eigenvalue weighted by atomic mass is 9.92. The molecule has 0 fully saturated rings. The van der Waals surface area contributed by atoms with Crippen molar-refractivity contribution < 1.29 is 29.0 Å². The van der Waals surface area contributed by atoms with Crippen LogP contribution in [-0.2, 0) is 27.4 Å². The van der Waals surface area contributed by atoms with E-state index < -0.39 is 36.2 Å². The van der Waals surface area contributed by atoms with Crippen LogP contribution in [0.15, 0.2) is 78.9 Å². The van der Waals surface area contributed by atoms with Crippen molar-refractivity contribution in [2.75, 3.05) is 6.61 Å². The Balaban J connectivity index is 1.63. The van der Waals surface area contributed by atoms with Gasteiger partial charge in [0.2, 0.25) is 5.91 Å². The van der Waals surface area contributed by atoms with E-state index in [2.05, 4.69) is 16.0 Å². The summed E-state index contributed by atoms with van der Waals surface area (Å²) in [5.41, 5.74) is 3.66. The van der Waals surface area contributed by atoms with Gasteiger partial charge in [-0.2, -0.15) is 0 Å². The number of nitrogens with one attached hydrogen (secondary N) is 3. The van der Waals surface area contributed by atoms with Crippen molar-refractivity contribution in [3.8, 4) is 5.75 Å². The van der Waals surface area contributed by atoms with Gasteiger partial charge in [0, 0.05) is 6.04 Å². The fourth-order valence-corrected chi connectivity index (χ4v) is 5.14. The lowest BCUT2D eigenvalue weighted by Crippen LogP contribution is -2.52. The number of aliphatic hydroxyl groups excluding tert-OH is 1. The Morgan fingerprint density at radius 1 is 0.756 bits per heavy atom. The van der Waals surface area contributed by atoms with E-state index in [1.54, 1.807) is 6.92 Å². The Labute approximate surface area is 266 Å². The average Bonchev–Trinajstić information content (AvgIpc) is 3.00. The number of ether oxygens (including phenoxy) is 2. The molecule has 0 unspecified atom stereocenters. The number of carbonyl (C=O) groups excluding carboxylic acids is 3. The van der Waals surface area contributed by atoms with Gasteiger partial charge in [0.1, 0.15) is 18.4 Å². The van der Waals surface area contributed by atoms with Crippen LogP contribution >= 0.6 is 0 Å². The van der Waals surface area contributed by atoms with E-state index in [1.165, 1.54) is 0 Å². The van der Waals surface area contributed by atoms with E-state index >= 15 is 0 Å². The highest BCUT2D eigenvalue weighted by Crippen LogP contribution is 2.22. The Hall–Kier alpha value is -4.37. The minimum atomic E-state index is -0.975. The first kappa shape index (κ1) is 35.1. The molecule has 0 aliphatic rings. The van der Waals surface area contributed by atoms with E-state index in [1.807, 2.05) is 107 Å². The largest absolute Gasteiger partial charge is 0.483 e. The zero-order valence-electron chi connectivity index (χ0n) is 26.9. The molecule has 0 saturated heterocycles. The molecule has 9 heteroatoms. The lowest BCUT2D eigenvalue weighted by Gasteiger charge is -2.30. The summed E-state index contributed by atoms with van der Waals surface area (Å²) in [6.07, 6.45) is -0.487. The molecule has 45 heavy (non-hydrogen) atoms. The molecular formula is C36H47N3O6. The van der Waals surface area contributed by atoms with Crippen molar-refractivity contribution in [2.45, 2.75) is 84.7 Å². The first-order valence-corrected chi connectivity index (χ1v) is 15.5. The first-order chi connectivity index (χ1) is 21.5. The lowest BCUT2D eigenvalue weighted by molar-refractivity contribution is -0.125. The van der Waals surface area contributed by atoms with Gasteiger partial charge in [-0.05, 0) is 68.2 Å². The summed E-state index contributed by atoms with van der Waals surface area (Å²) in [7, 11) is 0. The highest BCUT2D eigenvalue weighted by molar-refractivity contribution is 5.85. The maximum Gasteiger partial charge on any atom is 0.408 e. The Morgan fingerprint density at radius 3 is 1.96 bits per heavy atom. The number of carbonyl (C=O) groups is 3. The summed E-state index contributed by atoms with van der Waals surface area (Å²) in [6.45, 7) is 9.39. The van der Waals surface area contributed by atoms with E-state index in [0.29, 0.717) is 18.6 Å². The molecule has 0 saturated carbocycles. The third-order valence-electron chi connectivity index (χ3n) is 7.43. The first-order valence-electron chi connectivity index (χ1n) is 15.5. The van der Waals surface area contributed by atoms with Crippen LogP contribution in [0.4, 0.5) is 4.79 Å². The summed E-state index contributed by atoms with van der Waals surface area (Å²) < 4.78 is 11.1. The summed E-state index contributed by atoms with van der Waals surface area (Å²) in [4.78, 5) is 38.5. The van der Waals surface area contributed by atoms with Gasteiger partial charge in [0.25, 0.3) is 5.91 Å². The number of rotatable bonds is 16. The standard InChI is InChI=1S/C36H47N3O6/c1-24(2)19-30(38-35(42)27(5)37-36(43)45-22-29-17-10-7-11-18-29)21-32(40)31(20-28-15-8-6-9-16-28)39-33(41)23-44-34-25(3)13-12-14-26(34)4/h6-18,24,27,30-32,40H,19-23H2,1-5H3,(H,37,43)(H,38,42)(H,39,41)/t27-,30-,31-,32-/m0/s1. The molecule has 3 aromatic rings. The average molecular weight is 618 g/mol.